The lowest BCUT2D eigenvalue weighted by atomic mass is 9.98. The van der Waals surface area contributed by atoms with Crippen LogP contribution in [0.1, 0.15) is 19.8 Å². The second-order valence-corrected chi connectivity index (χ2v) is 6.88. The van der Waals surface area contributed by atoms with Gasteiger partial charge in [-0.05, 0) is 18.4 Å². The van der Waals surface area contributed by atoms with E-state index in [1.807, 2.05) is 29.8 Å². The first-order valence-corrected chi connectivity index (χ1v) is 7.68. The van der Waals surface area contributed by atoms with Crippen molar-refractivity contribution in [2.45, 2.75) is 36.3 Å². The molecule has 1 saturated heterocycles. The lowest BCUT2D eigenvalue weighted by molar-refractivity contribution is 0.221. The summed E-state index contributed by atoms with van der Waals surface area (Å²) in [6.07, 6.45) is 4.15. The Hall–Kier alpha value is 0.200. The number of nitrogens with two attached hydrogens (primary N) is 1. The van der Waals surface area contributed by atoms with Gasteiger partial charge in [-0.25, -0.2) is 0 Å². The summed E-state index contributed by atoms with van der Waals surface area (Å²) in [6, 6.07) is 0.193. The van der Waals surface area contributed by atoms with Crippen LogP contribution in [0.2, 0.25) is 0 Å². The highest BCUT2D eigenvalue weighted by Crippen LogP contribution is 2.35. The summed E-state index contributed by atoms with van der Waals surface area (Å²) < 4.78 is 5.37. The third-order valence-corrected chi connectivity index (χ3v) is 6.20. The van der Waals surface area contributed by atoms with Crippen molar-refractivity contribution in [1.29, 1.82) is 0 Å². The first-order valence-electron chi connectivity index (χ1n) is 5.58. The predicted octanol–water partition coefficient (Wildman–Crippen LogP) is 2.25. The summed E-state index contributed by atoms with van der Waals surface area (Å²) in [5.41, 5.74) is 7.64. The molecule has 0 aliphatic carbocycles. The fourth-order valence-electron chi connectivity index (χ4n) is 2.08. The molecule has 2 rings (SSSR count). The van der Waals surface area contributed by atoms with Crippen LogP contribution in [0.15, 0.2) is 11.8 Å². The van der Waals surface area contributed by atoms with Crippen LogP contribution in [-0.2, 0) is 4.74 Å². The van der Waals surface area contributed by atoms with Crippen LogP contribution in [0, 0.1) is 0 Å². The Balaban J connectivity index is 1.98. The van der Waals surface area contributed by atoms with Crippen LogP contribution >= 0.6 is 23.5 Å². The molecule has 2 aliphatic heterocycles. The Bertz CT molecular complexity index is 245. The Morgan fingerprint density at radius 1 is 1.47 bits per heavy atom. The molecule has 0 aromatic carbocycles. The van der Waals surface area contributed by atoms with Gasteiger partial charge < -0.3 is 10.5 Å². The largest absolute Gasteiger partial charge is 0.501 e. The minimum Gasteiger partial charge on any atom is -0.501 e. The molecule has 15 heavy (non-hydrogen) atoms. The van der Waals surface area contributed by atoms with E-state index in [1.54, 1.807) is 0 Å². The quantitative estimate of drug-likeness (QED) is 0.809. The molecule has 0 aromatic heterocycles. The molecule has 3 unspecified atom stereocenters. The molecule has 0 spiro atoms. The van der Waals surface area contributed by atoms with E-state index < -0.39 is 0 Å². The van der Waals surface area contributed by atoms with E-state index in [0.717, 1.165) is 19.4 Å². The average Bonchev–Trinajstić information content (AvgIpc) is 2.30. The normalized spacial score (nSPS) is 34.1. The highest BCUT2D eigenvalue weighted by Gasteiger charge is 2.30. The SMILES string of the molecule is CC1SCCSC1C(N)C1=COCCC1. The van der Waals surface area contributed by atoms with E-state index in [4.69, 9.17) is 10.5 Å². The third-order valence-electron chi connectivity index (χ3n) is 2.98. The van der Waals surface area contributed by atoms with Gasteiger partial charge >= 0.3 is 0 Å². The summed E-state index contributed by atoms with van der Waals surface area (Å²) in [5.74, 6) is 2.51. The van der Waals surface area contributed by atoms with Crippen molar-refractivity contribution >= 4 is 23.5 Å². The van der Waals surface area contributed by atoms with Crippen LogP contribution in [-0.4, -0.2) is 34.7 Å². The lowest BCUT2D eigenvalue weighted by Gasteiger charge is -2.34. The van der Waals surface area contributed by atoms with E-state index in [0.29, 0.717) is 10.5 Å². The van der Waals surface area contributed by atoms with Crippen molar-refractivity contribution in [2.75, 3.05) is 18.1 Å². The molecule has 2 aliphatic rings. The van der Waals surface area contributed by atoms with E-state index in [1.165, 1.54) is 17.1 Å². The van der Waals surface area contributed by atoms with Crippen molar-refractivity contribution in [3.8, 4) is 0 Å². The maximum atomic E-state index is 6.33. The molecule has 0 aromatic rings. The molecular weight excluding hydrogens is 226 g/mol. The maximum Gasteiger partial charge on any atom is 0.0876 e. The van der Waals surface area contributed by atoms with Crippen molar-refractivity contribution in [2.24, 2.45) is 5.73 Å². The third kappa shape index (κ3) is 2.86. The zero-order valence-corrected chi connectivity index (χ0v) is 10.8. The molecule has 2 N–H and O–H groups in total. The van der Waals surface area contributed by atoms with Crippen molar-refractivity contribution in [3.63, 3.8) is 0 Å². The molecule has 1 fully saturated rings. The monoisotopic (exact) mass is 245 g/mol. The molecule has 3 atom stereocenters. The Labute approximate surface area is 100 Å². The average molecular weight is 245 g/mol. The van der Waals surface area contributed by atoms with E-state index in [2.05, 4.69) is 6.92 Å². The van der Waals surface area contributed by atoms with Crippen LogP contribution in [0.25, 0.3) is 0 Å². The summed E-state index contributed by atoms with van der Waals surface area (Å²) in [4.78, 5) is 0. The fraction of sp³-hybridized carbons (Fsp3) is 0.818. The first kappa shape index (κ1) is 11.7. The zero-order valence-electron chi connectivity index (χ0n) is 9.15. The molecule has 4 heteroatoms. The van der Waals surface area contributed by atoms with Gasteiger partial charge in [0.15, 0.2) is 0 Å². The van der Waals surface area contributed by atoms with Gasteiger partial charge in [-0.15, -0.1) is 0 Å². The van der Waals surface area contributed by atoms with Gasteiger partial charge in [0, 0.05) is 28.0 Å². The molecule has 2 nitrogen and oxygen atoms in total. The second-order valence-electron chi connectivity index (χ2n) is 4.10. The van der Waals surface area contributed by atoms with Crippen molar-refractivity contribution < 1.29 is 4.74 Å². The van der Waals surface area contributed by atoms with Gasteiger partial charge in [0.1, 0.15) is 0 Å². The molecular formula is C11H19NOS2. The fourth-order valence-corrected chi connectivity index (χ4v) is 4.98. The maximum absolute atomic E-state index is 6.33. The molecule has 0 radical (unpaired) electrons. The Morgan fingerprint density at radius 2 is 2.27 bits per heavy atom. The molecule has 0 saturated carbocycles. The van der Waals surface area contributed by atoms with Gasteiger partial charge in [-0.3, -0.25) is 0 Å². The molecule has 0 bridgehead atoms. The minimum absolute atomic E-state index is 0.193. The highest BCUT2D eigenvalue weighted by molar-refractivity contribution is 8.07. The predicted molar refractivity (Wildman–Crippen MR) is 69.4 cm³/mol. The Kier molecular flexibility index (Phi) is 4.29. The van der Waals surface area contributed by atoms with Crippen LogP contribution in [0.3, 0.4) is 0 Å². The van der Waals surface area contributed by atoms with Gasteiger partial charge in [-0.2, -0.15) is 23.5 Å². The summed E-state index contributed by atoms with van der Waals surface area (Å²) in [6.45, 7) is 3.16. The summed E-state index contributed by atoms with van der Waals surface area (Å²) >= 11 is 4.08. The van der Waals surface area contributed by atoms with Crippen LogP contribution in [0.5, 0.6) is 0 Å². The van der Waals surface area contributed by atoms with Gasteiger partial charge in [0.2, 0.25) is 0 Å². The van der Waals surface area contributed by atoms with Crippen LogP contribution < -0.4 is 5.73 Å². The molecule has 2 heterocycles. The van der Waals surface area contributed by atoms with Gasteiger partial charge in [-0.1, -0.05) is 6.92 Å². The summed E-state index contributed by atoms with van der Waals surface area (Å²) in [5, 5.41) is 1.23. The lowest BCUT2D eigenvalue weighted by Crippen LogP contribution is -2.42. The molecule has 86 valence electrons. The minimum atomic E-state index is 0.193. The highest BCUT2D eigenvalue weighted by atomic mass is 32.2. The van der Waals surface area contributed by atoms with Crippen molar-refractivity contribution in [3.05, 3.63) is 11.8 Å². The zero-order chi connectivity index (χ0) is 10.7. The van der Waals surface area contributed by atoms with Gasteiger partial charge in [0.25, 0.3) is 0 Å². The van der Waals surface area contributed by atoms with E-state index in [9.17, 15) is 0 Å². The number of hydrogen-bond acceptors (Lipinski definition) is 4. The number of ether oxygens (including phenoxy) is 1. The van der Waals surface area contributed by atoms with Crippen LogP contribution in [0.4, 0.5) is 0 Å². The van der Waals surface area contributed by atoms with Gasteiger partial charge in [0.05, 0.1) is 12.9 Å². The number of hydrogen-bond donors (Lipinski definition) is 1. The number of thioether (sulfide) groups is 2. The van der Waals surface area contributed by atoms with Crippen molar-refractivity contribution in [1.82, 2.24) is 0 Å². The number of rotatable bonds is 2. The van der Waals surface area contributed by atoms with E-state index >= 15 is 0 Å². The first-order chi connectivity index (χ1) is 7.29. The topological polar surface area (TPSA) is 35.2 Å². The smallest absolute Gasteiger partial charge is 0.0876 e. The standard InChI is InChI=1S/C11H19NOS2/c1-8-11(15-6-5-14-8)10(12)9-3-2-4-13-7-9/h7-8,10-11H,2-6,12H2,1H3. The molecule has 0 amide bonds. The summed E-state index contributed by atoms with van der Waals surface area (Å²) in [7, 11) is 0. The van der Waals surface area contributed by atoms with E-state index in [-0.39, 0.29) is 6.04 Å². The second kappa shape index (κ2) is 5.51. The Morgan fingerprint density at radius 3 is 2.93 bits per heavy atom.